The smallest absolute Gasteiger partial charge is 0.161 e. The largest absolute Gasteiger partial charge is 0.486 e. The first-order valence-corrected chi connectivity index (χ1v) is 6.25. The van der Waals surface area contributed by atoms with Crippen molar-refractivity contribution in [2.24, 2.45) is 0 Å². The molecular formula is C14H19NO2. The second-order valence-corrected chi connectivity index (χ2v) is 5.57. The van der Waals surface area contributed by atoms with E-state index in [1.807, 2.05) is 0 Å². The highest BCUT2D eigenvalue weighted by atomic mass is 16.6. The number of fused-ring (bicyclic) bond motifs is 2. The third-order valence-electron chi connectivity index (χ3n) is 3.76. The molecule has 3 heteroatoms. The standard InChI is InChI=1S/C14H19NO2/c1-9-10-6-12-13(17-5-4-16-12)7-11(10)14(2,3)8-15-9/h6-7,9,15H,4-5,8H2,1-3H3. The third kappa shape index (κ3) is 1.69. The molecule has 1 aromatic rings. The summed E-state index contributed by atoms with van der Waals surface area (Å²) in [7, 11) is 0. The quantitative estimate of drug-likeness (QED) is 0.746. The fourth-order valence-corrected chi connectivity index (χ4v) is 2.66. The molecule has 0 saturated heterocycles. The van der Waals surface area contributed by atoms with Crippen molar-refractivity contribution in [3.05, 3.63) is 23.3 Å². The first kappa shape index (κ1) is 10.9. The Hall–Kier alpha value is -1.22. The average molecular weight is 233 g/mol. The summed E-state index contributed by atoms with van der Waals surface area (Å²) in [6, 6.07) is 4.69. The SMILES string of the molecule is CC1NCC(C)(C)c2cc3c(cc21)OCCO3. The lowest BCUT2D eigenvalue weighted by Gasteiger charge is -2.37. The summed E-state index contributed by atoms with van der Waals surface area (Å²) in [5.41, 5.74) is 2.87. The van der Waals surface area contributed by atoms with Gasteiger partial charge in [-0.25, -0.2) is 0 Å². The van der Waals surface area contributed by atoms with Gasteiger partial charge in [0.05, 0.1) is 0 Å². The summed E-state index contributed by atoms with van der Waals surface area (Å²) in [5.74, 6) is 1.79. The van der Waals surface area contributed by atoms with Crippen LogP contribution in [0.5, 0.6) is 11.5 Å². The van der Waals surface area contributed by atoms with E-state index in [0.29, 0.717) is 19.3 Å². The highest BCUT2D eigenvalue weighted by Gasteiger charge is 2.32. The van der Waals surface area contributed by atoms with E-state index in [1.165, 1.54) is 11.1 Å². The number of hydrogen-bond acceptors (Lipinski definition) is 3. The minimum Gasteiger partial charge on any atom is -0.486 e. The van der Waals surface area contributed by atoms with Gasteiger partial charge in [-0.3, -0.25) is 0 Å². The fraction of sp³-hybridized carbons (Fsp3) is 0.571. The molecular weight excluding hydrogens is 214 g/mol. The lowest BCUT2D eigenvalue weighted by Crippen LogP contribution is -2.41. The first-order valence-electron chi connectivity index (χ1n) is 6.25. The number of ether oxygens (including phenoxy) is 2. The number of rotatable bonds is 0. The summed E-state index contributed by atoms with van der Waals surface area (Å²) in [4.78, 5) is 0. The molecule has 0 aliphatic carbocycles. The second kappa shape index (κ2) is 3.64. The van der Waals surface area contributed by atoms with Crippen molar-refractivity contribution < 1.29 is 9.47 Å². The molecule has 2 aliphatic rings. The van der Waals surface area contributed by atoms with Crippen LogP contribution >= 0.6 is 0 Å². The molecule has 17 heavy (non-hydrogen) atoms. The van der Waals surface area contributed by atoms with Gasteiger partial charge in [-0.2, -0.15) is 0 Å². The van der Waals surface area contributed by atoms with E-state index < -0.39 is 0 Å². The van der Waals surface area contributed by atoms with Crippen LogP contribution in [0.1, 0.15) is 37.9 Å². The Morgan fingerprint density at radius 2 is 1.82 bits per heavy atom. The minimum atomic E-state index is 0.150. The predicted octanol–water partition coefficient (Wildman–Crippen LogP) is 2.40. The number of hydrogen-bond donors (Lipinski definition) is 1. The molecule has 2 aliphatic heterocycles. The van der Waals surface area contributed by atoms with Crippen molar-refractivity contribution in [3.8, 4) is 11.5 Å². The maximum Gasteiger partial charge on any atom is 0.161 e. The van der Waals surface area contributed by atoms with Gasteiger partial charge in [-0.15, -0.1) is 0 Å². The Bertz CT molecular complexity index is 454. The van der Waals surface area contributed by atoms with Crippen molar-refractivity contribution in [1.29, 1.82) is 0 Å². The van der Waals surface area contributed by atoms with E-state index in [-0.39, 0.29) is 5.41 Å². The van der Waals surface area contributed by atoms with Gasteiger partial charge in [0.25, 0.3) is 0 Å². The second-order valence-electron chi connectivity index (χ2n) is 5.57. The zero-order valence-corrected chi connectivity index (χ0v) is 10.7. The van der Waals surface area contributed by atoms with E-state index in [0.717, 1.165) is 18.0 Å². The van der Waals surface area contributed by atoms with Gasteiger partial charge < -0.3 is 14.8 Å². The topological polar surface area (TPSA) is 30.5 Å². The van der Waals surface area contributed by atoms with E-state index in [2.05, 4.69) is 38.2 Å². The van der Waals surface area contributed by atoms with Crippen LogP contribution in [0.2, 0.25) is 0 Å². The normalized spacial score (nSPS) is 25.2. The van der Waals surface area contributed by atoms with Crippen LogP contribution in [-0.4, -0.2) is 19.8 Å². The lowest BCUT2D eigenvalue weighted by atomic mass is 9.77. The van der Waals surface area contributed by atoms with E-state index in [1.54, 1.807) is 0 Å². The van der Waals surface area contributed by atoms with Crippen LogP contribution in [0, 0.1) is 0 Å². The molecule has 1 atom stereocenters. The van der Waals surface area contributed by atoms with Gasteiger partial charge in [0.1, 0.15) is 13.2 Å². The van der Waals surface area contributed by atoms with Crippen LogP contribution in [0.25, 0.3) is 0 Å². The number of nitrogens with one attached hydrogen (secondary N) is 1. The van der Waals surface area contributed by atoms with Gasteiger partial charge in [0.15, 0.2) is 11.5 Å². The summed E-state index contributed by atoms with van der Waals surface area (Å²) in [6.45, 7) is 9.03. The zero-order chi connectivity index (χ0) is 12.0. The molecule has 1 N–H and O–H groups in total. The van der Waals surface area contributed by atoms with Crippen molar-refractivity contribution >= 4 is 0 Å². The summed E-state index contributed by atoms with van der Waals surface area (Å²) >= 11 is 0. The monoisotopic (exact) mass is 233 g/mol. The van der Waals surface area contributed by atoms with Crippen molar-refractivity contribution in [3.63, 3.8) is 0 Å². The van der Waals surface area contributed by atoms with Gasteiger partial charge in [0.2, 0.25) is 0 Å². The first-order chi connectivity index (χ1) is 8.08. The molecule has 0 aromatic heterocycles. The maximum absolute atomic E-state index is 5.67. The average Bonchev–Trinajstić information content (AvgIpc) is 2.33. The van der Waals surface area contributed by atoms with Crippen LogP contribution in [0.4, 0.5) is 0 Å². The molecule has 1 aromatic carbocycles. The Morgan fingerprint density at radius 1 is 1.18 bits per heavy atom. The molecule has 0 spiro atoms. The Balaban J connectivity index is 2.16. The molecule has 1 unspecified atom stereocenters. The molecule has 0 fully saturated rings. The summed E-state index contributed by atoms with van der Waals surface area (Å²) < 4.78 is 11.3. The van der Waals surface area contributed by atoms with Crippen LogP contribution in [-0.2, 0) is 5.41 Å². The molecule has 0 amide bonds. The Morgan fingerprint density at radius 3 is 2.53 bits per heavy atom. The Labute approximate surface area is 102 Å². The zero-order valence-electron chi connectivity index (χ0n) is 10.7. The van der Waals surface area contributed by atoms with E-state index in [9.17, 15) is 0 Å². The van der Waals surface area contributed by atoms with Gasteiger partial charge in [-0.1, -0.05) is 13.8 Å². The predicted molar refractivity (Wildman–Crippen MR) is 66.9 cm³/mol. The fourth-order valence-electron chi connectivity index (χ4n) is 2.66. The van der Waals surface area contributed by atoms with Crippen LogP contribution in [0.15, 0.2) is 12.1 Å². The molecule has 92 valence electrons. The van der Waals surface area contributed by atoms with Gasteiger partial charge in [0, 0.05) is 18.0 Å². The summed E-state index contributed by atoms with van der Waals surface area (Å²) in [6.07, 6.45) is 0. The number of benzene rings is 1. The Kier molecular flexibility index (Phi) is 2.33. The van der Waals surface area contributed by atoms with E-state index >= 15 is 0 Å². The van der Waals surface area contributed by atoms with Gasteiger partial charge >= 0.3 is 0 Å². The third-order valence-corrected chi connectivity index (χ3v) is 3.76. The minimum absolute atomic E-state index is 0.150. The molecule has 0 saturated carbocycles. The molecule has 0 bridgehead atoms. The van der Waals surface area contributed by atoms with Crippen molar-refractivity contribution in [2.75, 3.05) is 19.8 Å². The van der Waals surface area contributed by atoms with E-state index in [4.69, 9.17) is 9.47 Å². The van der Waals surface area contributed by atoms with Crippen molar-refractivity contribution in [1.82, 2.24) is 5.32 Å². The maximum atomic E-state index is 5.67. The molecule has 0 radical (unpaired) electrons. The molecule has 3 nitrogen and oxygen atoms in total. The summed E-state index contributed by atoms with van der Waals surface area (Å²) in [5, 5.41) is 3.54. The highest BCUT2D eigenvalue weighted by molar-refractivity contribution is 5.52. The highest BCUT2D eigenvalue weighted by Crippen LogP contribution is 2.42. The van der Waals surface area contributed by atoms with Gasteiger partial charge in [-0.05, 0) is 30.2 Å². The molecule has 3 rings (SSSR count). The lowest BCUT2D eigenvalue weighted by molar-refractivity contribution is 0.170. The van der Waals surface area contributed by atoms with Crippen molar-refractivity contribution in [2.45, 2.75) is 32.2 Å². The van der Waals surface area contributed by atoms with Crippen LogP contribution in [0.3, 0.4) is 0 Å². The molecule has 2 heterocycles. The van der Waals surface area contributed by atoms with Crippen LogP contribution < -0.4 is 14.8 Å².